The molecule has 2 aromatic carbocycles. The first-order chi connectivity index (χ1) is 19.4. The molecule has 0 spiro atoms. The minimum absolute atomic E-state index is 0.0781. The smallest absolute Gasteiger partial charge is 0.411 e. The van der Waals surface area contributed by atoms with Gasteiger partial charge >= 0.3 is 12.2 Å². The summed E-state index contributed by atoms with van der Waals surface area (Å²) in [5.74, 6) is 11.9. The van der Waals surface area contributed by atoms with Crippen LogP contribution in [-0.2, 0) is 9.47 Å². The van der Waals surface area contributed by atoms with Gasteiger partial charge in [0.1, 0.15) is 11.5 Å². The molecule has 10 heteroatoms. The lowest BCUT2D eigenvalue weighted by Crippen LogP contribution is -2.13. The van der Waals surface area contributed by atoms with E-state index in [-0.39, 0.29) is 13.2 Å². The van der Waals surface area contributed by atoms with Crippen molar-refractivity contribution in [3.8, 4) is 35.2 Å². The van der Waals surface area contributed by atoms with Crippen molar-refractivity contribution in [1.82, 2.24) is 0 Å². The van der Waals surface area contributed by atoms with Crippen LogP contribution in [0.5, 0.6) is 11.5 Å². The van der Waals surface area contributed by atoms with Crippen molar-refractivity contribution in [2.24, 2.45) is 0 Å². The molecule has 0 fully saturated rings. The summed E-state index contributed by atoms with van der Waals surface area (Å²) in [5, 5.41) is 21.7. The Morgan fingerprint density at radius 2 is 0.975 bits per heavy atom. The van der Waals surface area contributed by atoms with Crippen molar-refractivity contribution in [3.05, 3.63) is 48.5 Å². The Bertz CT molecular complexity index is 978. The van der Waals surface area contributed by atoms with Crippen LogP contribution < -0.4 is 20.1 Å². The predicted molar refractivity (Wildman–Crippen MR) is 155 cm³/mol. The van der Waals surface area contributed by atoms with Crippen LogP contribution in [0.2, 0.25) is 0 Å². The van der Waals surface area contributed by atoms with Crippen molar-refractivity contribution in [2.45, 2.75) is 40.5 Å². The summed E-state index contributed by atoms with van der Waals surface area (Å²) in [5.41, 5.74) is 1.38. The minimum Gasteiger partial charge on any atom is -0.494 e. The number of hydrogen-bond acceptors (Lipinski definition) is 8. The maximum absolute atomic E-state index is 11.1. The Morgan fingerprint density at radius 3 is 1.25 bits per heavy atom. The molecule has 4 N–H and O–H groups in total. The van der Waals surface area contributed by atoms with Gasteiger partial charge in [-0.05, 0) is 88.1 Å². The molecule has 0 aliphatic rings. The average molecular weight is 557 g/mol. The first-order valence-corrected chi connectivity index (χ1v) is 12.9. The third-order valence-corrected chi connectivity index (χ3v) is 4.09. The summed E-state index contributed by atoms with van der Waals surface area (Å²) < 4.78 is 20.0. The zero-order valence-electron chi connectivity index (χ0n) is 23.6. The summed E-state index contributed by atoms with van der Waals surface area (Å²) in [6.45, 7) is 9.51. The molecule has 0 atom stereocenters. The fraction of sp³-hybridized carbons (Fsp3) is 0.400. The number of carbonyl (C=O) groups is 2. The van der Waals surface area contributed by atoms with Crippen molar-refractivity contribution in [3.63, 3.8) is 0 Å². The second-order valence-corrected chi connectivity index (χ2v) is 7.16. The van der Waals surface area contributed by atoms with Gasteiger partial charge in [-0.1, -0.05) is 11.8 Å². The molecule has 0 unspecified atom stereocenters. The average Bonchev–Trinajstić information content (AvgIpc) is 2.94. The molecule has 10 nitrogen and oxygen atoms in total. The molecule has 2 aromatic rings. The van der Waals surface area contributed by atoms with Crippen molar-refractivity contribution < 1.29 is 38.7 Å². The Balaban J connectivity index is 0.000000585. The fourth-order valence-corrected chi connectivity index (χ4v) is 2.50. The van der Waals surface area contributed by atoms with Gasteiger partial charge in [-0.3, -0.25) is 10.6 Å². The molecule has 40 heavy (non-hydrogen) atoms. The highest BCUT2D eigenvalue weighted by molar-refractivity contribution is 5.85. The van der Waals surface area contributed by atoms with E-state index in [0.29, 0.717) is 50.6 Å². The first kappa shape index (κ1) is 35.6. The number of ether oxygens (including phenoxy) is 4. The van der Waals surface area contributed by atoms with E-state index < -0.39 is 12.2 Å². The molecule has 0 aliphatic heterocycles. The molecule has 0 bridgehead atoms. The molecular formula is C30H40N2O8. The number of aliphatic hydroxyl groups is 2. The second kappa shape index (κ2) is 24.9. The minimum atomic E-state index is -0.443. The van der Waals surface area contributed by atoms with Crippen LogP contribution >= 0.6 is 0 Å². The van der Waals surface area contributed by atoms with E-state index in [4.69, 9.17) is 29.2 Å². The standard InChI is InChI=1S/2C11H15NO3.C8H10O2/c2*1-3-14-10-7-5-9(6-8-10)12-11(13)15-4-2;9-7-5-3-1-2-4-6-8-10/h2*5-8H,3-4H2,1-2H3,(H,12,13);9-10H,5-8H2. The number of hydrogen-bond donors (Lipinski definition) is 4. The molecule has 0 aromatic heterocycles. The third-order valence-electron chi connectivity index (χ3n) is 4.09. The number of benzene rings is 2. The summed E-state index contributed by atoms with van der Waals surface area (Å²) >= 11 is 0. The van der Waals surface area contributed by atoms with E-state index in [1.165, 1.54) is 0 Å². The SMILES string of the molecule is CCOC(=O)Nc1ccc(OCC)cc1.CCOC(=O)Nc1ccc(OCC)cc1.OCCC#CC#CCCO. The van der Waals surface area contributed by atoms with Crippen LogP contribution in [0.25, 0.3) is 0 Å². The highest BCUT2D eigenvalue weighted by Crippen LogP contribution is 2.16. The second-order valence-electron chi connectivity index (χ2n) is 7.16. The van der Waals surface area contributed by atoms with Gasteiger partial charge in [-0.2, -0.15) is 0 Å². The Morgan fingerprint density at radius 1 is 0.625 bits per heavy atom. The van der Waals surface area contributed by atoms with Gasteiger partial charge < -0.3 is 29.2 Å². The topological polar surface area (TPSA) is 136 Å². The number of nitrogens with one attached hydrogen (secondary N) is 2. The Hall–Kier alpha value is -4.38. The van der Waals surface area contributed by atoms with E-state index in [1.807, 2.05) is 13.8 Å². The van der Waals surface area contributed by atoms with Crippen molar-refractivity contribution in [2.75, 3.05) is 50.3 Å². The van der Waals surface area contributed by atoms with Gasteiger partial charge in [0.15, 0.2) is 0 Å². The molecule has 2 amide bonds. The monoisotopic (exact) mass is 556 g/mol. The summed E-state index contributed by atoms with van der Waals surface area (Å²) in [6, 6.07) is 14.2. The zero-order valence-corrected chi connectivity index (χ0v) is 23.6. The number of rotatable bonds is 10. The number of amides is 2. The maximum atomic E-state index is 11.1. The lowest BCUT2D eigenvalue weighted by atomic mass is 10.3. The predicted octanol–water partition coefficient (Wildman–Crippen LogP) is 5.07. The molecular weight excluding hydrogens is 516 g/mol. The summed E-state index contributed by atoms with van der Waals surface area (Å²) in [6.07, 6.45) is 0.0463. The fourth-order valence-electron chi connectivity index (χ4n) is 2.50. The van der Waals surface area contributed by atoms with E-state index >= 15 is 0 Å². The lowest BCUT2D eigenvalue weighted by molar-refractivity contribution is 0.167. The summed E-state index contributed by atoms with van der Waals surface area (Å²) in [7, 11) is 0. The van der Waals surface area contributed by atoms with E-state index in [2.05, 4.69) is 34.3 Å². The first-order valence-electron chi connectivity index (χ1n) is 12.9. The van der Waals surface area contributed by atoms with Crippen LogP contribution in [-0.4, -0.2) is 62.0 Å². The van der Waals surface area contributed by atoms with Gasteiger partial charge in [0, 0.05) is 24.2 Å². The number of aliphatic hydroxyl groups excluding tert-OH is 2. The van der Waals surface area contributed by atoms with Gasteiger partial charge in [0.05, 0.1) is 39.6 Å². The van der Waals surface area contributed by atoms with Gasteiger partial charge in [0.25, 0.3) is 0 Å². The molecule has 2 rings (SSSR count). The van der Waals surface area contributed by atoms with E-state index in [1.54, 1.807) is 62.4 Å². The number of carbonyl (C=O) groups excluding carboxylic acids is 2. The largest absolute Gasteiger partial charge is 0.494 e. The molecule has 0 heterocycles. The molecule has 0 saturated heterocycles. The van der Waals surface area contributed by atoms with Crippen LogP contribution in [0.4, 0.5) is 21.0 Å². The number of anilines is 2. The normalized spacial score (nSPS) is 8.85. The molecule has 0 radical (unpaired) electrons. The van der Waals surface area contributed by atoms with Crippen LogP contribution in [0.3, 0.4) is 0 Å². The molecule has 0 aliphatic carbocycles. The quantitative estimate of drug-likeness (QED) is 0.298. The summed E-state index contributed by atoms with van der Waals surface area (Å²) in [4.78, 5) is 22.1. The molecule has 218 valence electrons. The molecule has 0 saturated carbocycles. The van der Waals surface area contributed by atoms with Gasteiger partial charge in [-0.15, -0.1) is 0 Å². The van der Waals surface area contributed by atoms with Crippen LogP contribution in [0.15, 0.2) is 48.5 Å². The zero-order chi connectivity index (χ0) is 29.8. The lowest BCUT2D eigenvalue weighted by Gasteiger charge is -2.06. The van der Waals surface area contributed by atoms with Crippen LogP contribution in [0, 0.1) is 23.7 Å². The maximum Gasteiger partial charge on any atom is 0.411 e. The van der Waals surface area contributed by atoms with Crippen LogP contribution in [0.1, 0.15) is 40.5 Å². The highest BCUT2D eigenvalue weighted by Gasteiger charge is 2.02. The third kappa shape index (κ3) is 19.7. The van der Waals surface area contributed by atoms with Gasteiger partial charge in [-0.25, -0.2) is 9.59 Å². The highest BCUT2D eigenvalue weighted by atomic mass is 16.6. The van der Waals surface area contributed by atoms with Crippen molar-refractivity contribution >= 4 is 23.6 Å². The van der Waals surface area contributed by atoms with Gasteiger partial charge in [0.2, 0.25) is 0 Å². The van der Waals surface area contributed by atoms with E-state index in [0.717, 1.165) is 11.5 Å². The Kier molecular flexibility index (Phi) is 22.2. The van der Waals surface area contributed by atoms with E-state index in [9.17, 15) is 9.59 Å². The Labute approximate surface area is 237 Å². The van der Waals surface area contributed by atoms with Crippen molar-refractivity contribution in [1.29, 1.82) is 0 Å².